The molecule has 0 heterocycles. The van der Waals surface area contributed by atoms with Crippen molar-refractivity contribution in [1.82, 2.24) is 16.0 Å². The molecule has 0 radical (unpaired) electrons. The number of aliphatic hydroxyl groups excluding tert-OH is 1. The van der Waals surface area contributed by atoms with E-state index in [4.69, 9.17) is 0 Å². The molecule has 0 saturated carbocycles. The van der Waals surface area contributed by atoms with Gasteiger partial charge in [0.05, 0.1) is 0 Å². The van der Waals surface area contributed by atoms with Crippen molar-refractivity contribution in [1.29, 1.82) is 0 Å². The molecule has 28 heavy (non-hydrogen) atoms. The Kier molecular flexibility index (Phi) is 11.4. The Bertz CT molecular complexity index is 552. The SMILES string of the molecule is CCC(O)C(=O)N[C@H](C(=O)N[C@@H](C)C(=O)N[C@@H](CC(C)C)C(=O)O)[C@@H](C)CC. The molecule has 0 aliphatic heterocycles. The van der Waals surface area contributed by atoms with Crippen LogP contribution in [0.25, 0.3) is 0 Å². The summed E-state index contributed by atoms with van der Waals surface area (Å²) >= 11 is 0. The van der Waals surface area contributed by atoms with Crippen molar-refractivity contribution in [2.75, 3.05) is 0 Å². The van der Waals surface area contributed by atoms with Crippen molar-refractivity contribution in [3.63, 3.8) is 0 Å². The lowest BCUT2D eigenvalue weighted by atomic mass is 9.97. The molecular weight excluding hydrogens is 366 g/mol. The zero-order valence-corrected chi connectivity index (χ0v) is 17.6. The second kappa shape index (κ2) is 12.3. The molecule has 0 bridgehead atoms. The van der Waals surface area contributed by atoms with Crippen LogP contribution in [0.1, 0.15) is 60.8 Å². The number of amides is 3. The van der Waals surface area contributed by atoms with E-state index in [0.717, 1.165) is 0 Å². The number of carbonyl (C=O) groups excluding carboxylic acids is 3. The maximum absolute atomic E-state index is 12.6. The standard InChI is InChI=1S/C19H35N3O6/c1-7-11(5)15(22-17(25)14(23)8-2)18(26)20-12(6)16(24)21-13(19(27)28)9-10(3)4/h10-15,23H,7-9H2,1-6H3,(H,20,26)(H,21,24)(H,22,25)(H,27,28)/t11-,12-,13-,14?,15-/m0/s1. The monoisotopic (exact) mass is 401 g/mol. The summed E-state index contributed by atoms with van der Waals surface area (Å²) in [4.78, 5) is 48.2. The number of hydrogen-bond donors (Lipinski definition) is 5. The summed E-state index contributed by atoms with van der Waals surface area (Å²) in [6, 6.07) is -2.95. The Hall–Kier alpha value is -2.16. The minimum atomic E-state index is -1.22. The van der Waals surface area contributed by atoms with Crippen LogP contribution in [0.15, 0.2) is 0 Å². The predicted octanol–water partition coefficient (Wildman–Crippen LogP) is 0.408. The van der Waals surface area contributed by atoms with E-state index >= 15 is 0 Å². The topological polar surface area (TPSA) is 145 Å². The van der Waals surface area contributed by atoms with Crippen LogP contribution in [0.3, 0.4) is 0 Å². The third-order valence-electron chi connectivity index (χ3n) is 4.56. The summed E-state index contributed by atoms with van der Waals surface area (Å²) in [5.41, 5.74) is 0. The average molecular weight is 402 g/mol. The second-order valence-electron chi connectivity index (χ2n) is 7.56. The zero-order valence-electron chi connectivity index (χ0n) is 17.6. The van der Waals surface area contributed by atoms with E-state index in [2.05, 4.69) is 16.0 Å². The van der Waals surface area contributed by atoms with Crippen molar-refractivity contribution in [2.45, 2.75) is 85.0 Å². The van der Waals surface area contributed by atoms with E-state index in [1.165, 1.54) is 6.92 Å². The number of rotatable bonds is 12. The van der Waals surface area contributed by atoms with Crippen molar-refractivity contribution >= 4 is 23.7 Å². The van der Waals surface area contributed by atoms with E-state index in [1.54, 1.807) is 13.8 Å². The first-order valence-corrected chi connectivity index (χ1v) is 9.76. The van der Waals surface area contributed by atoms with E-state index in [9.17, 15) is 29.4 Å². The first-order chi connectivity index (χ1) is 12.9. The van der Waals surface area contributed by atoms with Gasteiger partial charge >= 0.3 is 5.97 Å². The van der Waals surface area contributed by atoms with Gasteiger partial charge in [-0.15, -0.1) is 0 Å². The second-order valence-corrected chi connectivity index (χ2v) is 7.56. The highest BCUT2D eigenvalue weighted by molar-refractivity contribution is 5.93. The Labute approximate surface area is 166 Å². The number of nitrogens with one attached hydrogen (secondary N) is 3. The number of aliphatic carboxylic acids is 1. The fraction of sp³-hybridized carbons (Fsp3) is 0.789. The van der Waals surface area contributed by atoms with Gasteiger partial charge in [-0.25, -0.2) is 4.79 Å². The quantitative estimate of drug-likeness (QED) is 0.320. The molecule has 5 atom stereocenters. The van der Waals surface area contributed by atoms with E-state index in [1.807, 2.05) is 20.8 Å². The van der Waals surface area contributed by atoms with Crippen molar-refractivity contribution < 1.29 is 29.4 Å². The summed E-state index contributed by atoms with van der Waals surface area (Å²) in [7, 11) is 0. The smallest absolute Gasteiger partial charge is 0.326 e. The molecule has 0 spiro atoms. The Morgan fingerprint density at radius 3 is 1.82 bits per heavy atom. The summed E-state index contributed by atoms with van der Waals surface area (Å²) in [5, 5.41) is 26.3. The normalized spacial score (nSPS) is 16.4. The highest BCUT2D eigenvalue weighted by Gasteiger charge is 2.31. The summed E-state index contributed by atoms with van der Waals surface area (Å²) in [6.07, 6.45) is -0.141. The molecule has 0 rings (SSSR count). The van der Waals surface area contributed by atoms with Crippen LogP contribution in [0, 0.1) is 11.8 Å². The lowest BCUT2D eigenvalue weighted by molar-refractivity contribution is -0.142. The van der Waals surface area contributed by atoms with E-state index in [0.29, 0.717) is 6.42 Å². The molecule has 0 aliphatic rings. The van der Waals surface area contributed by atoms with Gasteiger partial charge in [0.15, 0.2) is 0 Å². The van der Waals surface area contributed by atoms with E-state index < -0.39 is 47.9 Å². The number of carboxylic acid groups (broad SMARTS) is 1. The molecule has 3 amide bonds. The van der Waals surface area contributed by atoms with Crippen LogP contribution >= 0.6 is 0 Å². The number of carbonyl (C=O) groups is 4. The zero-order chi connectivity index (χ0) is 22.0. The predicted molar refractivity (Wildman–Crippen MR) is 104 cm³/mol. The van der Waals surface area contributed by atoms with E-state index in [-0.39, 0.29) is 24.7 Å². The van der Waals surface area contributed by atoms with Gasteiger partial charge in [-0.3, -0.25) is 14.4 Å². The molecule has 1 unspecified atom stereocenters. The van der Waals surface area contributed by atoms with Gasteiger partial charge in [-0.2, -0.15) is 0 Å². The largest absolute Gasteiger partial charge is 0.480 e. The van der Waals surface area contributed by atoms with Crippen LogP contribution < -0.4 is 16.0 Å². The first kappa shape index (κ1) is 25.8. The molecular formula is C19H35N3O6. The summed E-state index contributed by atoms with van der Waals surface area (Å²) < 4.78 is 0. The molecule has 9 nitrogen and oxygen atoms in total. The fourth-order valence-corrected chi connectivity index (χ4v) is 2.50. The van der Waals surface area contributed by atoms with Crippen LogP contribution in [0.2, 0.25) is 0 Å². The lowest BCUT2D eigenvalue weighted by Crippen LogP contribution is -2.57. The van der Waals surface area contributed by atoms with Crippen LogP contribution in [0.5, 0.6) is 0 Å². The van der Waals surface area contributed by atoms with Gasteiger partial charge in [0.25, 0.3) is 0 Å². The van der Waals surface area contributed by atoms with Gasteiger partial charge in [-0.1, -0.05) is 41.0 Å². The van der Waals surface area contributed by atoms with Gasteiger partial charge in [-0.05, 0) is 31.6 Å². The van der Waals surface area contributed by atoms with Crippen molar-refractivity contribution in [3.05, 3.63) is 0 Å². The maximum Gasteiger partial charge on any atom is 0.326 e. The highest BCUT2D eigenvalue weighted by atomic mass is 16.4. The first-order valence-electron chi connectivity index (χ1n) is 9.76. The Morgan fingerprint density at radius 1 is 0.821 bits per heavy atom. The molecule has 0 fully saturated rings. The van der Waals surface area contributed by atoms with Gasteiger partial charge in [0, 0.05) is 0 Å². The van der Waals surface area contributed by atoms with Crippen LogP contribution in [-0.2, 0) is 19.2 Å². The number of carboxylic acids is 1. The average Bonchev–Trinajstić information content (AvgIpc) is 2.62. The van der Waals surface area contributed by atoms with Gasteiger partial charge < -0.3 is 26.2 Å². The molecule has 0 aromatic heterocycles. The minimum absolute atomic E-state index is 0.0706. The maximum atomic E-state index is 12.6. The minimum Gasteiger partial charge on any atom is -0.480 e. The number of aliphatic hydroxyl groups is 1. The lowest BCUT2D eigenvalue weighted by Gasteiger charge is -2.26. The molecule has 5 N–H and O–H groups in total. The molecule has 0 aromatic rings. The van der Waals surface area contributed by atoms with Crippen LogP contribution in [-0.4, -0.2) is 58.1 Å². The number of hydrogen-bond acceptors (Lipinski definition) is 5. The Balaban J connectivity index is 5.06. The molecule has 0 saturated heterocycles. The molecule has 0 aliphatic carbocycles. The summed E-state index contributed by atoms with van der Waals surface area (Å²) in [5.74, 6) is -3.13. The third-order valence-corrected chi connectivity index (χ3v) is 4.56. The van der Waals surface area contributed by atoms with Gasteiger partial charge in [0.1, 0.15) is 24.2 Å². The highest BCUT2D eigenvalue weighted by Crippen LogP contribution is 2.10. The van der Waals surface area contributed by atoms with Crippen molar-refractivity contribution in [3.8, 4) is 0 Å². The summed E-state index contributed by atoms with van der Waals surface area (Å²) in [6.45, 7) is 10.4. The van der Waals surface area contributed by atoms with Crippen molar-refractivity contribution in [2.24, 2.45) is 11.8 Å². The van der Waals surface area contributed by atoms with Gasteiger partial charge in [0.2, 0.25) is 17.7 Å². The third kappa shape index (κ3) is 8.69. The van der Waals surface area contributed by atoms with Crippen LogP contribution in [0.4, 0.5) is 0 Å². The fourth-order valence-electron chi connectivity index (χ4n) is 2.50. The molecule has 0 aromatic carbocycles. The molecule has 162 valence electrons. The molecule has 9 heteroatoms. The Morgan fingerprint density at radius 2 is 1.39 bits per heavy atom.